The average Bonchev–Trinajstić information content (AvgIpc) is 2.87. The second-order valence-electron chi connectivity index (χ2n) is 4.73. The smallest absolute Gasteiger partial charge is 0.238 e. The summed E-state index contributed by atoms with van der Waals surface area (Å²) < 4.78 is 48.8. The van der Waals surface area contributed by atoms with E-state index in [1.807, 2.05) is 0 Å². The summed E-state index contributed by atoms with van der Waals surface area (Å²) in [5.41, 5.74) is -0.161. The molecule has 2 heterocycles. The minimum atomic E-state index is -4.16. The quantitative estimate of drug-likeness (QED) is 0.589. The monoisotopic (exact) mass is 344 g/mol. The molecule has 118 valence electrons. The molecule has 0 saturated carbocycles. The first-order chi connectivity index (χ1) is 10.3. The zero-order valence-corrected chi connectivity index (χ0v) is 12.7. The van der Waals surface area contributed by atoms with Crippen LogP contribution < -0.4 is 10.5 Å². The molecule has 0 atom stereocenters. The first-order valence-corrected chi connectivity index (χ1v) is 9.25. The predicted molar refractivity (Wildman–Crippen MR) is 74.8 cm³/mol. The third-order valence-corrected chi connectivity index (χ3v) is 6.47. The summed E-state index contributed by atoms with van der Waals surface area (Å²) in [5.74, 6) is -0.143. The van der Waals surface area contributed by atoms with Gasteiger partial charge in [-0.15, -0.1) is 10.2 Å². The molecule has 22 heavy (non-hydrogen) atoms. The Morgan fingerprint density at radius 1 is 1.14 bits per heavy atom. The summed E-state index contributed by atoms with van der Waals surface area (Å²) in [6.45, 7) is 0.598. The van der Waals surface area contributed by atoms with Crippen molar-refractivity contribution in [2.24, 2.45) is 5.14 Å². The van der Waals surface area contributed by atoms with Gasteiger partial charge in [-0.1, -0.05) is 6.07 Å². The van der Waals surface area contributed by atoms with Gasteiger partial charge in [-0.25, -0.2) is 22.0 Å². The highest BCUT2D eigenvalue weighted by atomic mass is 32.2. The lowest BCUT2D eigenvalue weighted by atomic mass is 10.2. The number of tetrazole rings is 1. The van der Waals surface area contributed by atoms with E-state index in [9.17, 15) is 16.8 Å². The fraction of sp³-hybridized carbons (Fsp3) is 0.300. The number of nitrogens with one attached hydrogen (secondary N) is 2. The number of primary sulfonamides is 1. The minimum Gasteiger partial charge on any atom is -0.314 e. The molecule has 1 aliphatic rings. The van der Waals surface area contributed by atoms with Crippen molar-refractivity contribution in [3.8, 4) is 11.4 Å². The van der Waals surface area contributed by atoms with Gasteiger partial charge in [-0.05, 0) is 17.3 Å². The molecule has 12 heteroatoms. The van der Waals surface area contributed by atoms with Crippen molar-refractivity contribution in [3.63, 3.8) is 0 Å². The zero-order valence-electron chi connectivity index (χ0n) is 11.1. The second kappa shape index (κ2) is 5.08. The molecule has 1 fully saturated rings. The second-order valence-corrected chi connectivity index (χ2v) is 8.46. The standard InChI is InChI=1S/C10H12N6O4S2/c11-22(19,20)8-3-1-2-7(9(8)10-13-15-16-14-10)21(17,18)6-4-12-5-6/h1-3,6,12H,4-5H2,(H2,11,19,20)(H,13,14,15,16). The Labute approximate surface area is 126 Å². The van der Waals surface area contributed by atoms with Crippen LogP contribution in [0.1, 0.15) is 0 Å². The van der Waals surface area contributed by atoms with Gasteiger partial charge in [0.1, 0.15) is 0 Å². The van der Waals surface area contributed by atoms with Crippen LogP contribution in [0.5, 0.6) is 0 Å². The summed E-state index contributed by atoms with van der Waals surface area (Å²) in [4.78, 5) is -0.533. The van der Waals surface area contributed by atoms with Crippen molar-refractivity contribution < 1.29 is 16.8 Å². The maximum Gasteiger partial charge on any atom is 0.238 e. The van der Waals surface area contributed by atoms with E-state index in [1.54, 1.807) is 0 Å². The van der Waals surface area contributed by atoms with Gasteiger partial charge in [0, 0.05) is 13.1 Å². The summed E-state index contributed by atoms with van der Waals surface area (Å²) in [6.07, 6.45) is 0. The lowest BCUT2D eigenvalue weighted by molar-refractivity contribution is 0.495. The third kappa shape index (κ3) is 2.39. The molecule has 1 aromatic carbocycles. The molecular formula is C10H12N6O4S2. The van der Waals surface area contributed by atoms with E-state index in [-0.39, 0.29) is 21.2 Å². The zero-order chi connectivity index (χ0) is 16.0. The fourth-order valence-corrected chi connectivity index (χ4v) is 4.74. The van der Waals surface area contributed by atoms with Crippen molar-refractivity contribution in [1.82, 2.24) is 25.9 Å². The number of hydrogen-bond acceptors (Lipinski definition) is 8. The summed E-state index contributed by atoms with van der Waals surface area (Å²) in [5, 5.41) is 20.3. The van der Waals surface area contributed by atoms with Crippen LogP contribution >= 0.6 is 0 Å². The maximum atomic E-state index is 12.6. The Morgan fingerprint density at radius 3 is 2.32 bits per heavy atom. The molecule has 3 rings (SSSR count). The van der Waals surface area contributed by atoms with Gasteiger partial charge in [0.25, 0.3) is 0 Å². The number of nitrogens with zero attached hydrogens (tertiary/aromatic N) is 3. The number of rotatable bonds is 4. The molecule has 4 N–H and O–H groups in total. The SMILES string of the molecule is NS(=O)(=O)c1cccc(S(=O)(=O)C2CNC2)c1-c1nn[nH]n1. The van der Waals surface area contributed by atoms with Gasteiger partial charge in [0.15, 0.2) is 9.84 Å². The molecule has 1 aromatic heterocycles. The number of H-pyrrole nitrogens is 1. The van der Waals surface area contributed by atoms with Crippen LogP contribution in [0.25, 0.3) is 11.4 Å². The molecule has 0 spiro atoms. The molecule has 2 aromatic rings. The Kier molecular flexibility index (Phi) is 3.47. The van der Waals surface area contributed by atoms with Crippen LogP contribution in [0.2, 0.25) is 0 Å². The Morgan fingerprint density at radius 2 is 1.82 bits per heavy atom. The number of aromatic amines is 1. The lowest BCUT2D eigenvalue weighted by Gasteiger charge is -2.27. The van der Waals surface area contributed by atoms with Crippen molar-refractivity contribution in [3.05, 3.63) is 18.2 Å². The summed E-state index contributed by atoms with van der Waals surface area (Å²) in [7, 11) is -7.90. The van der Waals surface area contributed by atoms with E-state index < -0.39 is 25.1 Å². The molecule has 0 radical (unpaired) electrons. The van der Waals surface area contributed by atoms with Crippen LogP contribution in [0.3, 0.4) is 0 Å². The molecule has 0 unspecified atom stereocenters. The highest BCUT2D eigenvalue weighted by Crippen LogP contribution is 2.33. The van der Waals surface area contributed by atoms with Crippen LogP contribution in [0.15, 0.2) is 28.0 Å². The van der Waals surface area contributed by atoms with Crippen molar-refractivity contribution in [2.45, 2.75) is 15.0 Å². The van der Waals surface area contributed by atoms with E-state index in [0.29, 0.717) is 13.1 Å². The van der Waals surface area contributed by atoms with Crippen LogP contribution in [0, 0.1) is 0 Å². The van der Waals surface area contributed by atoms with E-state index in [1.165, 1.54) is 18.2 Å². The minimum absolute atomic E-state index is 0.143. The third-order valence-electron chi connectivity index (χ3n) is 3.35. The first kappa shape index (κ1) is 15.0. The fourth-order valence-electron chi connectivity index (χ4n) is 2.13. The Bertz CT molecular complexity index is 903. The molecule has 0 aliphatic carbocycles. The lowest BCUT2D eigenvalue weighted by Crippen LogP contribution is -2.51. The van der Waals surface area contributed by atoms with E-state index in [0.717, 1.165) is 0 Å². The molecule has 0 bridgehead atoms. The number of nitrogens with two attached hydrogens (primary N) is 1. The number of aromatic nitrogens is 4. The van der Waals surface area contributed by atoms with Gasteiger partial charge in [0.2, 0.25) is 15.8 Å². The number of hydrogen-bond donors (Lipinski definition) is 3. The van der Waals surface area contributed by atoms with Crippen molar-refractivity contribution in [1.29, 1.82) is 0 Å². The highest BCUT2D eigenvalue weighted by Gasteiger charge is 2.36. The number of benzene rings is 1. The Hall–Kier alpha value is -1.89. The average molecular weight is 344 g/mol. The summed E-state index contributed by atoms with van der Waals surface area (Å²) >= 11 is 0. The van der Waals surface area contributed by atoms with Crippen molar-refractivity contribution >= 4 is 19.9 Å². The number of sulfone groups is 1. The van der Waals surface area contributed by atoms with Crippen LogP contribution in [-0.4, -0.2) is 55.8 Å². The molecule has 10 nitrogen and oxygen atoms in total. The van der Waals surface area contributed by atoms with Gasteiger partial charge in [0.05, 0.1) is 20.6 Å². The van der Waals surface area contributed by atoms with E-state index >= 15 is 0 Å². The largest absolute Gasteiger partial charge is 0.314 e. The summed E-state index contributed by atoms with van der Waals surface area (Å²) in [6, 6.07) is 3.84. The Balaban J connectivity index is 2.32. The molecule has 1 aliphatic heterocycles. The first-order valence-electron chi connectivity index (χ1n) is 6.16. The van der Waals surface area contributed by atoms with Gasteiger partial charge in [-0.3, -0.25) is 0 Å². The van der Waals surface area contributed by atoms with Crippen LogP contribution in [-0.2, 0) is 19.9 Å². The maximum absolute atomic E-state index is 12.6. The van der Waals surface area contributed by atoms with Gasteiger partial charge in [-0.2, -0.15) is 5.21 Å². The van der Waals surface area contributed by atoms with Gasteiger partial charge < -0.3 is 5.32 Å². The van der Waals surface area contributed by atoms with E-state index in [4.69, 9.17) is 5.14 Å². The number of sulfonamides is 1. The van der Waals surface area contributed by atoms with Crippen LogP contribution in [0.4, 0.5) is 0 Å². The molecule has 1 saturated heterocycles. The van der Waals surface area contributed by atoms with E-state index in [2.05, 4.69) is 25.9 Å². The van der Waals surface area contributed by atoms with Crippen molar-refractivity contribution in [2.75, 3.05) is 13.1 Å². The molecule has 0 amide bonds. The molecular weight excluding hydrogens is 332 g/mol. The predicted octanol–water partition coefficient (Wildman–Crippen LogP) is -1.74. The normalized spacial score (nSPS) is 16.4. The highest BCUT2D eigenvalue weighted by molar-refractivity contribution is 7.92. The van der Waals surface area contributed by atoms with Gasteiger partial charge >= 0.3 is 0 Å². The topological polar surface area (TPSA) is 161 Å².